The van der Waals surface area contributed by atoms with Crippen molar-refractivity contribution in [2.75, 3.05) is 21.1 Å². The average molecular weight is 227 g/mol. The first kappa shape index (κ1) is 13.5. The van der Waals surface area contributed by atoms with E-state index in [0.717, 1.165) is 6.42 Å². The third-order valence-corrected chi connectivity index (χ3v) is 3.59. The van der Waals surface area contributed by atoms with Crippen LogP contribution < -0.4 is 5.73 Å². The van der Waals surface area contributed by atoms with Crippen LogP contribution in [0.2, 0.25) is 0 Å². The van der Waals surface area contributed by atoms with Gasteiger partial charge in [-0.05, 0) is 33.9 Å². The molecule has 0 aromatic carbocycles. The largest absolute Gasteiger partial charge is 0.340 e. The standard InChI is InChI=1S/C12H25N3O/c1-9(13)12(16)15(4)11-8-6-5-7-10(11)14(2)3/h9-11H,5-8,13H2,1-4H3/t9-,10-,11+/m0/s1. The lowest BCUT2D eigenvalue weighted by Gasteiger charge is -2.41. The minimum absolute atomic E-state index is 0.0544. The topological polar surface area (TPSA) is 49.6 Å². The van der Waals surface area contributed by atoms with Crippen molar-refractivity contribution in [1.29, 1.82) is 0 Å². The minimum atomic E-state index is -0.394. The summed E-state index contributed by atoms with van der Waals surface area (Å²) < 4.78 is 0. The van der Waals surface area contributed by atoms with Gasteiger partial charge in [0.1, 0.15) is 0 Å². The van der Waals surface area contributed by atoms with Crippen molar-refractivity contribution < 1.29 is 4.79 Å². The maximum atomic E-state index is 11.9. The number of likely N-dealkylation sites (N-methyl/N-ethyl adjacent to an activating group) is 2. The molecule has 0 aromatic rings. The van der Waals surface area contributed by atoms with Crippen LogP contribution in [0.5, 0.6) is 0 Å². The number of hydrogen-bond acceptors (Lipinski definition) is 3. The summed E-state index contributed by atoms with van der Waals surface area (Å²) in [6.45, 7) is 1.76. The highest BCUT2D eigenvalue weighted by Gasteiger charge is 2.32. The predicted octanol–water partition coefficient (Wildman–Crippen LogP) is 0.665. The normalized spacial score (nSPS) is 27.9. The van der Waals surface area contributed by atoms with Crippen LogP contribution in [0.15, 0.2) is 0 Å². The van der Waals surface area contributed by atoms with Gasteiger partial charge in [0.25, 0.3) is 0 Å². The summed E-state index contributed by atoms with van der Waals surface area (Å²) in [6.07, 6.45) is 4.75. The van der Waals surface area contributed by atoms with Crippen molar-refractivity contribution in [3.8, 4) is 0 Å². The summed E-state index contributed by atoms with van der Waals surface area (Å²) in [7, 11) is 6.07. The molecule has 0 radical (unpaired) electrons. The van der Waals surface area contributed by atoms with Gasteiger partial charge in [-0.15, -0.1) is 0 Å². The molecular formula is C12H25N3O. The van der Waals surface area contributed by atoms with E-state index in [9.17, 15) is 4.79 Å². The third kappa shape index (κ3) is 2.95. The maximum Gasteiger partial charge on any atom is 0.239 e. The summed E-state index contributed by atoms with van der Waals surface area (Å²) in [5.41, 5.74) is 5.66. The number of amides is 1. The Morgan fingerprint density at radius 2 is 1.69 bits per heavy atom. The summed E-state index contributed by atoms with van der Waals surface area (Å²) in [4.78, 5) is 16.0. The van der Waals surface area contributed by atoms with Gasteiger partial charge in [0, 0.05) is 19.1 Å². The molecule has 16 heavy (non-hydrogen) atoms. The molecule has 4 nitrogen and oxygen atoms in total. The van der Waals surface area contributed by atoms with E-state index in [-0.39, 0.29) is 5.91 Å². The van der Waals surface area contributed by atoms with Gasteiger partial charge >= 0.3 is 0 Å². The molecule has 1 rings (SSSR count). The van der Waals surface area contributed by atoms with Gasteiger partial charge in [0.2, 0.25) is 5.91 Å². The predicted molar refractivity (Wildman–Crippen MR) is 66.2 cm³/mol. The molecule has 94 valence electrons. The lowest BCUT2D eigenvalue weighted by atomic mass is 9.88. The highest BCUT2D eigenvalue weighted by atomic mass is 16.2. The molecule has 0 heterocycles. The van der Waals surface area contributed by atoms with Crippen LogP contribution in [0.25, 0.3) is 0 Å². The fourth-order valence-electron chi connectivity index (χ4n) is 2.63. The second-order valence-corrected chi connectivity index (χ2v) is 5.12. The first-order chi connectivity index (χ1) is 7.45. The van der Waals surface area contributed by atoms with Crippen molar-refractivity contribution in [2.45, 2.75) is 50.7 Å². The summed E-state index contributed by atoms with van der Waals surface area (Å²) in [6, 6.07) is 0.401. The molecule has 1 fully saturated rings. The number of carbonyl (C=O) groups is 1. The van der Waals surface area contributed by atoms with Crippen molar-refractivity contribution in [3.05, 3.63) is 0 Å². The zero-order chi connectivity index (χ0) is 12.3. The van der Waals surface area contributed by atoms with Crippen LogP contribution in [-0.4, -0.2) is 55.0 Å². The molecule has 0 saturated heterocycles. The van der Waals surface area contributed by atoms with Crippen LogP contribution in [0.3, 0.4) is 0 Å². The molecule has 0 unspecified atom stereocenters. The molecule has 1 aliphatic rings. The lowest BCUT2D eigenvalue weighted by molar-refractivity contribution is -0.134. The Hall–Kier alpha value is -0.610. The molecule has 0 aliphatic heterocycles. The van der Waals surface area contributed by atoms with E-state index >= 15 is 0 Å². The second kappa shape index (κ2) is 5.64. The molecule has 1 saturated carbocycles. The Labute approximate surface area is 98.8 Å². The highest BCUT2D eigenvalue weighted by molar-refractivity contribution is 5.81. The third-order valence-electron chi connectivity index (χ3n) is 3.59. The fourth-order valence-corrected chi connectivity index (χ4v) is 2.63. The Morgan fingerprint density at radius 1 is 1.19 bits per heavy atom. The Bertz CT molecular complexity index is 240. The van der Waals surface area contributed by atoms with E-state index < -0.39 is 6.04 Å². The van der Waals surface area contributed by atoms with E-state index in [4.69, 9.17) is 5.73 Å². The number of hydrogen-bond donors (Lipinski definition) is 1. The van der Waals surface area contributed by atoms with E-state index in [1.165, 1.54) is 19.3 Å². The quantitative estimate of drug-likeness (QED) is 0.771. The maximum absolute atomic E-state index is 11.9. The van der Waals surface area contributed by atoms with Gasteiger partial charge in [-0.3, -0.25) is 4.79 Å². The Kier molecular flexibility index (Phi) is 4.74. The van der Waals surface area contributed by atoms with Gasteiger partial charge in [-0.2, -0.15) is 0 Å². The summed E-state index contributed by atoms with van der Waals surface area (Å²) in [5.74, 6) is 0.0544. The lowest BCUT2D eigenvalue weighted by Crippen LogP contribution is -2.54. The Balaban J connectivity index is 2.71. The van der Waals surface area contributed by atoms with Crippen molar-refractivity contribution in [3.63, 3.8) is 0 Å². The molecule has 0 aromatic heterocycles. The van der Waals surface area contributed by atoms with Gasteiger partial charge < -0.3 is 15.5 Å². The molecule has 1 aliphatic carbocycles. The Morgan fingerprint density at radius 3 is 2.12 bits per heavy atom. The second-order valence-electron chi connectivity index (χ2n) is 5.12. The number of nitrogens with two attached hydrogens (primary N) is 1. The first-order valence-corrected chi connectivity index (χ1v) is 6.13. The van der Waals surface area contributed by atoms with Gasteiger partial charge in [-0.25, -0.2) is 0 Å². The molecule has 1 amide bonds. The van der Waals surface area contributed by atoms with Crippen LogP contribution in [0.4, 0.5) is 0 Å². The monoisotopic (exact) mass is 227 g/mol. The molecule has 0 spiro atoms. The van der Waals surface area contributed by atoms with Crippen molar-refractivity contribution in [1.82, 2.24) is 9.80 Å². The smallest absolute Gasteiger partial charge is 0.239 e. The zero-order valence-electron chi connectivity index (χ0n) is 10.9. The molecule has 3 atom stereocenters. The molecule has 0 bridgehead atoms. The minimum Gasteiger partial charge on any atom is -0.340 e. The van der Waals surface area contributed by atoms with Gasteiger partial charge in [0.15, 0.2) is 0 Å². The van der Waals surface area contributed by atoms with E-state index in [1.807, 2.05) is 11.9 Å². The summed E-state index contributed by atoms with van der Waals surface area (Å²) in [5, 5.41) is 0. The molecule has 4 heteroatoms. The first-order valence-electron chi connectivity index (χ1n) is 6.13. The van der Waals surface area contributed by atoms with E-state index in [1.54, 1.807) is 6.92 Å². The van der Waals surface area contributed by atoms with Crippen molar-refractivity contribution in [2.24, 2.45) is 5.73 Å². The summed E-state index contributed by atoms with van der Waals surface area (Å²) >= 11 is 0. The number of rotatable bonds is 3. The fraction of sp³-hybridized carbons (Fsp3) is 0.917. The van der Waals surface area contributed by atoms with Crippen LogP contribution in [-0.2, 0) is 4.79 Å². The van der Waals surface area contributed by atoms with Crippen molar-refractivity contribution >= 4 is 5.91 Å². The highest BCUT2D eigenvalue weighted by Crippen LogP contribution is 2.25. The van der Waals surface area contributed by atoms with Gasteiger partial charge in [0.05, 0.1) is 6.04 Å². The molecular weight excluding hydrogens is 202 g/mol. The van der Waals surface area contributed by atoms with Crippen LogP contribution >= 0.6 is 0 Å². The number of nitrogens with zero attached hydrogens (tertiary/aromatic N) is 2. The SMILES string of the molecule is C[C@H](N)C(=O)N(C)[C@@H]1CCCC[C@@H]1N(C)C. The van der Waals surface area contributed by atoms with Crippen LogP contribution in [0, 0.1) is 0 Å². The number of carbonyl (C=O) groups excluding carboxylic acids is 1. The molecule has 2 N–H and O–H groups in total. The average Bonchev–Trinajstić information content (AvgIpc) is 2.26. The zero-order valence-corrected chi connectivity index (χ0v) is 10.9. The van der Waals surface area contributed by atoms with E-state index in [0.29, 0.717) is 12.1 Å². The van der Waals surface area contributed by atoms with Gasteiger partial charge in [-0.1, -0.05) is 12.8 Å². The van der Waals surface area contributed by atoms with E-state index in [2.05, 4.69) is 19.0 Å². The van der Waals surface area contributed by atoms with Crippen LogP contribution in [0.1, 0.15) is 32.6 Å².